The standard InChI is InChI=1S/C28H34N2OSe/c1-4-5-16-26(32-24-14-10-7-11-15-24)27(31)28(2,3)22-17-18-23(19-22)29-30-20-25(30)21-12-8-6-9-13-21/h4,6-15,22,25-26H,1,5,16-20H2,2-3H3/b29-23-. The Balaban J connectivity index is 1.40. The zero-order valence-electron chi connectivity index (χ0n) is 19.2. The summed E-state index contributed by atoms with van der Waals surface area (Å²) >= 11 is 0.150. The molecule has 1 saturated heterocycles. The van der Waals surface area contributed by atoms with Gasteiger partial charge in [0.05, 0.1) is 0 Å². The van der Waals surface area contributed by atoms with Gasteiger partial charge in [-0.05, 0) is 0 Å². The zero-order valence-corrected chi connectivity index (χ0v) is 21.0. The fourth-order valence-corrected chi connectivity index (χ4v) is 7.45. The van der Waals surface area contributed by atoms with Crippen LogP contribution in [0.25, 0.3) is 0 Å². The summed E-state index contributed by atoms with van der Waals surface area (Å²) in [6, 6.07) is 21.6. The second-order valence-electron chi connectivity index (χ2n) is 9.53. The normalized spacial score (nSPS) is 22.7. The quantitative estimate of drug-likeness (QED) is 0.246. The van der Waals surface area contributed by atoms with Crippen LogP contribution in [-0.4, -0.2) is 38.0 Å². The number of Topliss-reactive ketones (excluding diaryl/α,β-unsaturated/α-hetero) is 1. The molecule has 1 aliphatic heterocycles. The summed E-state index contributed by atoms with van der Waals surface area (Å²) in [7, 11) is 0. The second-order valence-corrected chi connectivity index (χ2v) is 12.2. The number of hydrazone groups is 1. The predicted octanol–water partition coefficient (Wildman–Crippen LogP) is 5.58. The van der Waals surface area contributed by atoms with Crippen molar-refractivity contribution in [3.05, 3.63) is 78.9 Å². The molecule has 0 spiro atoms. The molecule has 1 saturated carbocycles. The Hall–Kier alpha value is -2.16. The van der Waals surface area contributed by atoms with E-state index >= 15 is 0 Å². The average molecular weight is 494 g/mol. The van der Waals surface area contributed by atoms with E-state index in [1.807, 2.05) is 12.1 Å². The first-order chi connectivity index (χ1) is 15.5. The minimum absolute atomic E-state index is 0.105. The minimum atomic E-state index is -0.322. The van der Waals surface area contributed by atoms with Gasteiger partial charge < -0.3 is 0 Å². The van der Waals surface area contributed by atoms with Crippen LogP contribution in [0.4, 0.5) is 0 Å². The number of nitrogens with zero attached hydrogens (tertiary/aromatic N) is 2. The van der Waals surface area contributed by atoms with E-state index in [9.17, 15) is 4.79 Å². The van der Waals surface area contributed by atoms with Crippen molar-refractivity contribution in [2.75, 3.05) is 6.54 Å². The molecule has 2 aromatic carbocycles. The fraction of sp³-hybridized carbons (Fsp3) is 0.429. The summed E-state index contributed by atoms with van der Waals surface area (Å²) in [5.74, 6) is 0.810. The molecule has 2 aliphatic rings. The number of rotatable bonds is 10. The number of carbonyl (C=O) groups excluding carboxylic acids is 1. The predicted molar refractivity (Wildman–Crippen MR) is 134 cm³/mol. The average Bonchev–Trinajstić information content (AvgIpc) is 3.41. The Labute approximate surface area is 199 Å². The van der Waals surface area contributed by atoms with Crippen molar-refractivity contribution in [1.82, 2.24) is 5.01 Å². The van der Waals surface area contributed by atoms with E-state index in [1.165, 1.54) is 15.7 Å². The molecule has 0 radical (unpaired) electrons. The van der Waals surface area contributed by atoms with Crippen molar-refractivity contribution in [3.8, 4) is 0 Å². The van der Waals surface area contributed by atoms with Gasteiger partial charge in [-0.15, -0.1) is 0 Å². The van der Waals surface area contributed by atoms with Gasteiger partial charge in [-0.2, -0.15) is 0 Å². The fourth-order valence-electron chi connectivity index (χ4n) is 4.70. The Morgan fingerprint density at radius 1 is 1.19 bits per heavy atom. The SMILES string of the molecule is C=CCCC([Se]c1ccccc1)C(=O)C(C)(C)C1CC/C(=N/N2CC2c2ccccc2)C1. The molecule has 1 heterocycles. The first-order valence-corrected chi connectivity index (χ1v) is 13.6. The third-order valence-corrected chi connectivity index (χ3v) is 9.59. The van der Waals surface area contributed by atoms with Crippen LogP contribution in [-0.2, 0) is 4.79 Å². The van der Waals surface area contributed by atoms with E-state index in [2.05, 4.69) is 80.0 Å². The van der Waals surface area contributed by atoms with Gasteiger partial charge in [0.15, 0.2) is 0 Å². The summed E-state index contributed by atoms with van der Waals surface area (Å²) in [4.78, 5) is 13.9. The molecular formula is C28H34N2OSe. The van der Waals surface area contributed by atoms with Crippen LogP contribution in [0, 0.1) is 11.3 Å². The van der Waals surface area contributed by atoms with Crippen LogP contribution in [0.1, 0.15) is 57.6 Å². The first kappa shape index (κ1) is 23.0. The van der Waals surface area contributed by atoms with Crippen molar-refractivity contribution in [1.29, 1.82) is 0 Å². The third kappa shape index (κ3) is 5.42. The molecule has 4 rings (SSSR count). The summed E-state index contributed by atoms with van der Waals surface area (Å²) in [6.45, 7) is 9.24. The van der Waals surface area contributed by atoms with Crippen molar-refractivity contribution in [3.63, 3.8) is 0 Å². The molecule has 3 nitrogen and oxygen atoms in total. The van der Waals surface area contributed by atoms with E-state index in [0.29, 0.717) is 17.7 Å². The van der Waals surface area contributed by atoms with Gasteiger partial charge in [0.1, 0.15) is 0 Å². The van der Waals surface area contributed by atoms with E-state index < -0.39 is 0 Å². The molecule has 4 heteroatoms. The topological polar surface area (TPSA) is 32.4 Å². The summed E-state index contributed by atoms with van der Waals surface area (Å²) < 4.78 is 1.31. The van der Waals surface area contributed by atoms with Crippen molar-refractivity contribution in [2.24, 2.45) is 16.4 Å². The molecule has 0 N–H and O–H groups in total. The number of carbonyl (C=O) groups is 1. The van der Waals surface area contributed by atoms with Crippen molar-refractivity contribution in [2.45, 2.75) is 56.8 Å². The number of ketones is 1. The van der Waals surface area contributed by atoms with Crippen molar-refractivity contribution < 1.29 is 4.79 Å². The number of benzene rings is 2. The molecule has 0 amide bonds. The van der Waals surface area contributed by atoms with Gasteiger partial charge in [-0.1, -0.05) is 6.07 Å². The maximum atomic E-state index is 13.8. The van der Waals surface area contributed by atoms with Gasteiger partial charge in [0.25, 0.3) is 0 Å². The monoisotopic (exact) mass is 494 g/mol. The molecule has 2 aromatic rings. The zero-order chi connectivity index (χ0) is 22.6. The Kier molecular flexibility index (Phi) is 7.33. The molecule has 2 fully saturated rings. The Morgan fingerprint density at radius 3 is 2.56 bits per heavy atom. The van der Waals surface area contributed by atoms with Gasteiger partial charge in [0.2, 0.25) is 0 Å². The van der Waals surface area contributed by atoms with Gasteiger partial charge in [0, 0.05) is 0 Å². The van der Waals surface area contributed by atoms with Gasteiger partial charge in [-0.3, -0.25) is 0 Å². The Bertz CT molecular complexity index is 954. The molecule has 0 bridgehead atoms. The van der Waals surface area contributed by atoms with Crippen LogP contribution in [0.2, 0.25) is 4.82 Å². The third-order valence-electron chi connectivity index (χ3n) is 6.91. The molecule has 168 valence electrons. The van der Waals surface area contributed by atoms with Crippen LogP contribution >= 0.6 is 0 Å². The van der Waals surface area contributed by atoms with Crippen molar-refractivity contribution >= 4 is 30.9 Å². The number of hydrogen-bond acceptors (Lipinski definition) is 3. The Morgan fingerprint density at radius 2 is 1.88 bits per heavy atom. The second kappa shape index (κ2) is 10.2. The molecule has 32 heavy (non-hydrogen) atoms. The van der Waals surface area contributed by atoms with E-state index in [1.54, 1.807) is 0 Å². The van der Waals surface area contributed by atoms with E-state index in [4.69, 9.17) is 5.10 Å². The van der Waals surface area contributed by atoms with Crippen LogP contribution in [0.15, 0.2) is 78.4 Å². The molecule has 1 aliphatic carbocycles. The maximum absolute atomic E-state index is 13.8. The summed E-state index contributed by atoms with van der Waals surface area (Å²) in [5, 5.41) is 7.16. The summed E-state index contributed by atoms with van der Waals surface area (Å²) in [6.07, 6.45) is 6.77. The van der Waals surface area contributed by atoms with Gasteiger partial charge in [-0.25, -0.2) is 0 Å². The van der Waals surface area contributed by atoms with Crippen LogP contribution in [0.5, 0.6) is 0 Å². The molecular weight excluding hydrogens is 459 g/mol. The molecule has 3 unspecified atom stereocenters. The summed E-state index contributed by atoms with van der Waals surface area (Å²) in [5.41, 5.74) is 2.29. The van der Waals surface area contributed by atoms with Gasteiger partial charge >= 0.3 is 193 Å². The van der Waals surface area contributed by atoms with Crippen LogP contribution in [0.3, 0.4) is 0 Å². The van der Waals surface area contributed by atoms with E-state index in [0.717, 1.165) is 38.6 Å². The first-order valence-electron chi connectivity index (χ1n) is 11.7. The molecule has 3 atom stereocenters. The van der Waals surface area contributed by atoms with E-state index in [-0.39, 0.29) is 25.2 Å². The number of allylic oxidation sites excluding steroid dienone is 1. The van der Waals surface area contributed by atoms with Crippen LogP contribution < -0.4 is 4.46 Å². The molecule has 0 aromatic heterocycles. The number of hydrogen-bond donors (Lipinski definition) is 0.